The number of allylic oxidation sites excluding steroid dienone is 1. The van der Waals surface area contributed by atoms with Crippen LogP contribution in [0.5, 0.6) is 11.6 Å². The van der Waals surface area contributed by atoms with Crippen molar-refractivity contribution < 1.29 is 17.5 Å². The van der Waals surface area contributed by atoms with Gasteiger partial charge in [-0.15, -0.1) is 0 Å². The average Bonchev–Trinajstić information content (AvgIpc) is 2.80. The Morgan fingerprint density at radius 1 is 1.09 bits per heavy atom. The van der Waals surface area contributed by atoms with Gasteiger partial charge in [-0.2, -0.15) is 10.2 Å². The minimum atomic E-state index is -4.23. The number of nitrogens with zero attached hydrogens (tertiary/aromatic N) is 3. The molecule has 33 heavy (non-hydrogen) atoms. The molecule has 2 aromatic carbocycles. The van der Waals surface area contributed by atoms with Crippen molar-refractivity contribution in [1.82, 2.24) is 9.38 Å². The van der Waals surface area contributed by atoms with Gasteiger partial charge in [-0.25, -0.2) is 12.8 Å². The van der Waals surface area contributed by atoms with Crippen molar-refractivity contribution in [1.29, 1.82) is 5.26 Å². The fourth-order valence-electron chi connectivity index (χ4n) is 2.94. The number of fused-ring (bicyclic) bond motifs is 1. The second kappa shape index (κ2) is 8.97. The summed E-state index contributed by atoms with van der Waals surface area (Å²) >= 11 is 3.23. The van der Waals surface area contributed by atoms with Crippen LogP contribution in [0.4, 0.5) is 4.39 Å². The van der Waals surface area contributed by atoms with Gasteiger partial charge in [0.05, 0.1) is 4.90 Å². The van der Waals surface area contributed by atoms with Gasteiger partial charge in [-0.3, -0.25) is 9.20 Å². The van der Waals surface area contributed by atoms with Crippen molar-refractivity contribution in [3.05, 3.63) is 104 Å². The topological polar surface area (TPSA) is 102 Å². The summed E-state index contributed by atoms with van der Waals surface area (Å²) in [5.74, 6) is -0.537. The Morgan fingerprint density at radius 3 is 2.45 bits per heavy atom. The largest absolute Gasteiger partial charge is 0.438 e. The van der Waals surface area contributed by atoms with Crippen molar-refractivity contribution in [2.45, 2.75) is 4.90 Å². The summed E-state index contributed by atoms with van der Waals surface area (Å²) in [5.41, 5.74) is -0.650. The van der Waals surface area contributed by atoms with E-state index in [-0.39, 0.29) is 27.7 Å². The second-order valence-electron chi connectivity index (χ2n) is 6.70. The zero-order valence-corrected chi connectivity index (χ0v) is 19.0. The maximum atomic E-state index is 13.3. The van der Waals surface area contributed by atoms with Crippen molar-refractivity contribution in [2.24, 2.45) is 0 Å². The minimum absolute atomic E-state index is 0.117. The summed E-state index contributed by atoms with van der Waals surface area (Å²) in [6.45, 7) is 0. The van der Waals surface area contributed by atoms with E-state index in [0.717, 1.165) is 18.2 Å². The molecule has 164 valence electrons. The maximum Gasteiger partial charge on any atom is 0.269 e. The van der Waals surface area contributed by atoms with Crippen LogP contribution in [0.2, 0.25) is 0 Å². The molecule has 2 heterocycles. The number of sulfone groups is 1. The molecule has 0 aliphatic heterocycles. The highest BCUT2D eigenvalue weighted by atomic mass is 79.9. The lowest BCUT2D eigenvalue weighted by molar-refractivity contribution is 0.459. The van der Waals surface area contributed by atoms with Crippen LogP contribution in [-0.4, -0.2) is 17.8 Å². The van der Waals surface area contributed by atoms with Gasteiger partial charge in [0.2, 0.25) is 15.7 Å². The molecule has 0 radical (unpaired) electrons. The summed E-state index contributed by atoms with van der Waals surface area (Å²) in [4.78, 5) is 16.7. The van der Waals surface area contributed by atoms with Gasteiger partial charge in [-0.05, 0) is 66.7 Å². The smallest absolute Gasteiger partial charge is 0.269 e. The first kappa shape index (κ1) is 22.4. The lowest BCUT2D eigenvalue weighted by Gasteiger charge is -2.10. The number of benzene rings is 2. The van der Waals surface area contributed by atoms with Gasteiger partial charge in [0.25, 0.3) is 5.56 Å². The third-order valence-corrected chi connectivity index (χ3v) is 6.77. The molecule has 10 heteroatoms. The fourth-order valence-corrected chi connectivity index (χ4v) is 4.35. The molecule has 2 aromatic heterocycles. The van der Waals surface area contributed by atoms with Gasteiger partial charge >= 0.3 is 0 Å². The summed E-state index contributed by atoms with van der Waals surface area (Å²) in [6.07, 6.45) is 2.39. The predicted molar refractivity (Wildman–Crippen MR) is 123 cm³/mol. The molecule has 4 aromatic rings. The van der Waals surface area contributed by atoms with Crippen LogP contribution >= 0.6 is 15.9 Å². The Bertz CT molecular complexity index is 1590. The third-order valence-electron chi connectivity index (χ3n) is 4.56. The number of nitriles is 1. The van der Waals surface area contributed by atoms with E-state index in [9.17, 15) is 22.9 Å². The van der Waals surface area contributed by atoms with Crippen LogP contribution in [0.15, 0.2) is 92.0 Å². The number of hydrogen-bond acceptors (Lipinski definition) is 6. The van der Waals surface area contributed by atoms with E-state index >= 15 is 0 Å². The molecule has 0 aliphatic rings. The Kier molecular flexibility index (Phi) is 6.09. The molecule has 0 fully saturated rings. The molecule has 7 nitrogen and oxygen atoms in total. The molecular formula is C23H13BrFN3O4S. The highest BCUT2D eigenvalue weighted by molar-refractivity contribution is 9.10. The molecule has 0 atom stereocenters. The monoisotopic (exact) mass is 525 g/mol. The van der Waals surface area contributed by atoms with Gasteiger partial charge in [0.15, 0.2) is 0 Å². The Morgan fingerprint density at radius 2 is 1.79 bits per heavy atom. The zero-order chi connectivity index (χ0) is 23.6. The van der Waals surface area contributed by atoms with Crippen LogP contribution in [0, 0.1) is 17.1 Å². The van der Waals surface area contributed by atoms with E-state index in [2.05, 4.69) is 20.9 Å². The van der Waals surface area contributed by atoms with E-state index < -0.39 is 26.1 Å². The summed E-state index contributed by atoms with van der Waals surface area (Å²) < 4.78 is 46.9. The first-order chi connectivity index (χ1) is 15.8. The van der Waals surface area contributed by atoms with Crippen LogP contribution in [-0.2, 0) is 9.84 Å². The second-order valence-corrected chi connectivity index (χ2v) is 9.53. The van der Waals surface area contributed by atoms with Crippen LogP contribution < -0.4 is 10.3 Å². The molecule has 0 bridgehead atoms. The molecule has 0 amide bonds. The van der Waals surface area contributed by atoms with Crippen molar-refractivity contribution >= 4 is 37.5 Å². The van der Waals surface area contributed by atoms with E-state index in [1.54, 1.807) is 24.3 Å². The van der Waals surface area contributed by atoms with E-state index in [0.29, 0.717) is 4.47 Å². The quantitative estimate of drug-likeness (QED) is 0.349. The number of rotatable bonds is 5. The van der Waals surface area contributed by atoms with Crippen molar-refractivity contribution in [3.8, 4) is 17.7 Å². The summed E-state index contributed by atoms with van der Waals surface area (Å²) in [6, 6.07) is 17.2. The molecule has 4 rings (SSSR count). The molecule has 0 saturated carbocycles. The fraction of sp³-hybridized carbons (Fsp3) is 0. The van der Waals surface area contributed by atoms with E-state index in [4.69, 9.17) is 4.74 Å². The predicted octanol–water partition coefficient (Wildman–Crippen LogP) is 4.73. The van der Waals surface area contributed by atoms with Gasteiger partial charge in [-0.1, -0.05) is 22.0 Å². The highest BCUT2D eigenvalue weighted by Crippen LogP contribution is 2.27. The molecule has 0 aliphatic carbocycles. The Labute approximate surface area is 196 Å². The summed E-state index contributed by atoms with van der Waals surface area (Å²) in [7, 11) is -4.23. The highest BCUT2D eigenvalue weighted by Gasteiger charge is 2.23. The normalized spacial score (nSPS) is 11.8. The van der Waals surface area contributed by atoms with Gasteiger partial charge < -0.3 is 4.74 Å². The van der Waals surface area contributed by atoms with Crippen molar-refractivity contribution in [3.63, 3.8) is 0 Å². The molecular weight excluding hydrogens is 513 g/mol. The number of halogens is 2. The third kappa shape index (κ3) is 4.55. The van der Waals surface area contributed by atoms with Crippen LogP contribution in [0.25, 0.3) is 11.7 Å². The molecule has 0 saturated heterocycles. The molecule has 0 N–H and O–H groups in total. The Balaban J connectivity index is 1.92. The standard InChI is InChI=1S/C23H13BrFN3O4S/c24-15-4-10-18(11-5-15)33(30,31)19(14-26)13-20-22(32-17-8-6-16(25)7-9-17)27-21-3-1-2-12-28(21)23(20)29/h1-13H. The lowest BCUT2D eigenvalue weighted by Crippen LogP contribution is -2.19. The molecule has 0 spiro atoms. The average molecular weight is 526 g/mol. The van der Waals surface area contributed by atoms with Crippen LogP contribution in [0.3, 0.4) is 0 Å². The number of hydrogen-bond donors (Lipinski definition) is 0. The Hall–Kier alpha value is -3.81. The lowest BCUT2D eigenvalue weighted by atomic mass is 10.2. The molecule has 0 unspecified atom stereocenters. The minimum Gasteiger partial charge on any atom is -0.438 e. The summed E-state index contributed by atoms with van der Waals surface area (Å²) in [5, 5.41) is 9.64. The first-order valence-electron chi connectivity index (χ1n) is 9.37. The number of pyridine rings is 1. The SMILES string of the molecule is N#CC(=Cc1c(Oc2ccc(F)cc2)nc2ccccn2c1=O)S(=O)(=O)c1ccc(Br)cc1. The first-order valence-corrected chi connectivity index (χ1v) is 11.6. The number of aromatic nitrogens is 2. The van der Waals surface area contributed by atoms with Gasteiger partial charge in [0, 0.05) is 10.7 Å². The maximum absolute atomic E-state index is 13.3. The van der Waals surface area contributed by atoms with Crippen molar-refractivity contribution in [2.75, 3.05) is 0 Å². The van der Waals surface area contributed by atoms with Gasteiger partial charge in [0.1, 0.15) is 33.8 Å². The van der Waals surface area contributed by atoms with E-state index in [1.807, 2.05) is 0 Å². The van der Waals surface area contributed by atoms with E-state index in [1.165, 1.54) is 47.0 Å². The van der Waals surface area contributed by atoms with Crippen LogP contribution in [0.1, 0.15) is 5.56 Å². The number of ether oxygens (including phenoxy) is 1. The zero-order valence-electron chi connectivity index (χ0n) is 16.6.